The Hall–Kier alpha value is -2.87. The van der Waals surface area contributed by atoms with E-state index in [1.165, 1.54) is 17.1 Å². The Morgan fingerprint density at radius 3 is 2.41 bits per heavy atom. The predicted molar refractivity (Wildman–Crippen MR) is 97.1 cm³/mol. The van der Waals surface area contributed by atoms with E-state index >= 15 is 0 Å². The zero-order valence-electron chi connectivity index (χ0n) is 14.3. The highest BCUT2D eigenvalue weighted by Gasteiger charge is 2.38. The van der Waals surface area contributed by atoms with Gasteiger partial charge in [0.2, 0.25) is 0 Å². The standard InChI is InChI=1S/C19H18FN3O3S/c20-15-8-4-5-9-18(15)27(25,26)22-19(24)23-17(14-6-2-1-3-7-14)12-16(21-23)13-10-11-13/h1-9,12-13,17,21H,10-11H2,(H,22,24). The van der Waals surface area contributed by atoms with Crippen molar-refractivity contribution < 1.29 is 17.6 Å². The van der Waals surface area contributed by atoms with Gasteiger partial charge in [0.25, 0.3) is 10.0 Å². The van der Waals surface area contributed by atoms with Gasteiger partial charge in [0, 0.05) is 11.6 Å². The summed E-state index contributed by atoms with van der Waals surface area (Å²) in [6, 6.07) is 12.9. The van der Waals surface area contributed by atoms with Gasteiger partial charge in [-0.1, -0.05) is 42.5 Å². The van der Waals surface area contributed by atoms with Gasteiger partial charge in [0.15, 0.2) is 0 Å². The highest BCUT2D eigenvalue weighted by Crippen LogP contribution is 2.40. The van der Waals surface area contributed by atoms with E-state index in [1.807, 2.05) is 41.1 Å². The Morgan fingerprint density at radius 2 is 1.74 bits per heavy atom. The highest BCUT2D eigenvalue weighted by molar-refractivity contribution is 7.90. The number of sulfonamides is 1. The molecule has 0 bridgehead atoms. The lowest BCUT2D eigenvalue weighted by molar-refractivity contribution is 0.178. The van der Waals surface area contributed by atoms with Crippen molar-refractivity contribution >= 4 is 16.1 Å². The topological polar surface area (TPSA) is 78.5 Å². The number of allylic oxidation sites excluding steroid dienone is 1. The summed E-state index contributed by atoms with van der Waals surface area (Å²) in [5.74, 6) is -0.555. The quantitative estimate of drug-likeness (QED) is 0.845. The van der Waals surface area contributed by atoms with Crippen LogP contribution in [0.15, 0.2) is 71.3 Å². The molecular formula is C19H18FN3O3S. The molecule has 1 aliphatic carbocycles. The van der Waals surface area contributed by atoms with E-state index in [0.717, 1.165) is 36.2 Å². The van der Waals surface area contributed by atoms with Crippen molar-refractivity contribution in [2.24, 2.45) is 5.92 Å². The number of carbonyl (C=O) groups is 1. The van der Waals surface area contributed by atoms with E-state index in [4.69, 9.17) is 0 Å². The monoisotopic (exact) mass is 387 g/mol. The molecule has 6 nitrogen and oxygen atoms in total. The summed E-state index contributed by atoms with van der Waals surface area (Å²) >= 11 is 0. The largest absolute Gasteiger partial charge is 0.350 e. The SMILES string of the molecule is O=C(NS(=O)(=O)c1ccccc1F)N1NC(C2CC2)=CC1c1ccccc1. The third-order valence-electron chi connectivity index (χ3n) is 4.59. The number of hydrogen-bond acceptors (Lipinski definition) is 4. The first kappa shape index (κ1) is 17.5. The number of benzene rings is 2. The van der Waals surface area contributed by atoms with E-state index in [-0.39, 0.29) is 0 Å². The van der Waals surface area contributed by atoms with Gasteiger partial charge in [-0.15, -0.1) is 0 Å². The Labute approximate surface area is 156 Å². The van der Waals surface area contributed by atoms with Gasteiger partial charge in [-0.2, -0.15) is 0 Å². The van der Waals surface area contributed by atoms with Crippen molar-refractivity contribution in [2.75, 3.05) is 0 Å². The zero-order valence-corrected chi connectivity index (χ0v) is 15.1. The van der Waals surface area contributed by atoms with Crippen molar-refractivity contribution in [2.45, 2.75) is 23.8 Å². The number of rotatable bonds is 4. The van der Waals surface area contributed by atoms with Crippen LogP contribution in [0.1, 0.15) is 24.4 Å². The van der Waals surface area contributed by atoms with Gasteiger partial charge in [0.1, 0.15) is 16.8 Å². The molecule has 1 fully saturated rings. The molecular weight excluding hydrogens is 369 g/mol. The Morgan fingerprint density at radius 1 is 1.07 bits per heavy atom. The molecule has 27 heavy (non-hydrogen) atoms. The summed E-state index contributed by atoms with van der Waals surface area (Å²) < 4.78 is 40.7. The molecule has 140 valence electrons. The van der Waals surface area contributed by atoms with Gasteiger partial charge >= 0.3 is 6.03 Å². The minimum absolute atomic E-state index is 0.359. The van der Waals surface area contributed by atoms with Crippen LogP contribution in [0.2, 0.25) is 0 Å². The van der Waals surface area contributed by atoms with Crippen LogP contribution >= 0.6 is 0 Å². The zero-order chi connectivity index (χ0) is 19.0. The lowest BCUT2D eigenvalue weighted by atomic mass is 10.1. The number of hydrogen-bond donors (Lipinski definition) is 2. The van der Waals surface area contributed by atoms with Crippen molar-refractivity contribution in [3.63, 3.8) is 0 Å². The van der Waals surface area contributed by atoms with E-state index in [9.17, 15) is 17.6 Å². The average Bonchev–Trinajstić information content (AvgIpc) is 3.40. The van der Waals surface area contributed by atoms with Gasteiger partial charge in [-0.3, -0.25) is 5.43 Å². The molecule has 0 saturated heterocycles. The van der Waals surface area contributed by atoms with Crippen LogP contribution in [0.3, 0.4) is 0 Å². The molecule has 1 atom stereocenters. The first-order valence-corrected chi connectivity index (χ1v) is 10.1. The molecule has 1 saturated carbocycles. The second-order valence-electron chi connectivity index (χ2n) is 6.57. The minimum atomic E-state index is -4.33. The molecule has 2 aromatic rings. The van der Waals surface area contributed by atoms with Crippen LogP contribution in [0.5, 0.6) is 0 Å². The van der Waals surface area contributed by atoms with Crippen molar-refractivity contribution in [1.82, 2.24) is 15.2 Å². The van der Waals surface area contributed by atoms with E-state index in [2.05, 4.69) is 5.43 Å². The Balaban J connectivity index is 1.59. The fourth-order valence-electron chi connectivity index (χ4n) is 3.07. The molecule has 2 aliphatic rings. The number of nitrogens with one attached hydrogen (secondary N) is 2. The molecule has 4 rings (SSSR count). The lowest BCUT2D eigenvalue weighted by Gasteiger charge is -2.25. The first-order chi connectivity index (χ1) is 13.0. The third-order valence-corrected chi connectivity index (χ3v) is 5.94. The normalized spacial score (nSPS) is 19.4. The molecule has 2 amide bonds. The number of urea groups is 1. The smallest absolute Gasteiger partial charge is 0.298 e. The molecule has 0 radical (unpaired) electrons. The highest BCUT2D eigenvalue weighted by atomic mass is 32.2. The van der Waals surface area contributed by atoms with E-state index < -0.39 is 32.8 Å². The molecule has 2 N–H and O–H groups in total. The Bertz CT molecular complexity index is 1000. The maximum atomic E-state index is 13.9. The van der Waals surface area contributed by atoms with Crippen LogP contribution in [-0.2, 0) is 10.0 Å². The number of amides is 2. The molecule has 2 aromatic carbocycles. The van der Waals surface area contributed by atoms with Crippen LogP contribution in [0.25, 0.3) is 0 Å². The van der Waals surface area contributed by atoms with E-state index in [1.54, 1.807) is 0 Å². The fourth-order valence-corrected chi connectivity index (χ4v) is 4.09. The van der Waals surface area contributed by atoms with Crippen LogP contribution < -0.4 is 10.1 Å². The Kier molecular flexibility index (Phi) is 4.35. The molecule has 1 aliphatic heterocycles. The number of halogens is 1. The van der Waals surface area contributed by atoms with E-state index in [0.29, 0.717) is 5.92 Å². The van der Waals surface area contributed by atoms with Crippen molar-refractivity contribution in [3.05, 3.63) is 77.8 Å². The molecule has 1 unspecified atom stereocenters. The van der Waals surface area contributed by atoms with Crippen LogP contribution in [-0.4, -0.2) is 19.5 Å². The van der Waals surface area contributed by atoms with Crippen LogP contribution in [0, 0.1) is 11.7 Å². The first-order valence-electron chi connectivity index (χ1n) is 8.59. The predicted octanol–water partition coefficient (Wildman–Crippen LogP) is 3.08. The molecule has 8 heteroatoms. The molecule has 1 heterocycles. The second kappa shape index (κ2) is 6.70. The third kappa shape index (κ3) is 3.52. The van der Waals surface area contributed by atoms with Gasteiger partial charge in [-0.05, 0) is 36.6 Å². The van der Waals surface area contributed by atoms with Crippen molar-refractivity contribution in [1.29, 1.82) is 0 Å². The van der Waals surface area contributed by atoms with Gasteiger partial charge in [0.05, 0.1) is 0 Å². The summed E-state index contributed by atoms with van der Waals surface area (Å²) in [6.45, 7) is 0. The minimum Gasteiger partial charge on any atom is -0.298 e. The van der Waals surface area contributed by atoms with Gasteiger partial charge in [-0.25, -0.2) is 27.3 Å². The molecule has 0 aromatic heterocycles. The summed E-state index contributed by atoms with van der Waals surface area (Å²) in [6.07, 6.45) is 3.99. The number of nitrogens with zero attached hydrogens (tertiary/aromatic N) is 1. The van der Waals surface area contributed by atoms with Crippen molar-refractivity contribution in [3.8, 4) is 0 Å². The van der Waals surface area contributed by atoms with Crippen LogP contribution in [0.4, 0.5) is 9.18 Å². The molecule has 0 spiro atoms. The average molecular weight is 387 g/mol. The summed E-state index contributed by atoms with van der Waals surface area (Å²) in [5.41, 5.74) is 4.77. The second-order valence-corrected chi connectivity index (χ2v) is 8.23. The summed E-state index contributed by atoms with van der Waals surface area (Å²) in [5, 5.41) is 1.24. The maximum Gasteiger partial charge on any atom is 0.350 e. The van der Waals surface area contributed by atoms with Gasteiger partial charge < -0.3 is 0 Å². The summed E-state index contributed by atoms with van der Waals surface area (Å²) in [4.78, 5) is 12.2. The number of hydrazine groups is 1. The maximum absolute atomic E-state index is 13.9. The number of carbonyl (C=O) groups excluding carboxylic acids is 1. The lowest BCUT2D eigenvalue weighted by Crippen LogP contribution is -2.48. The summed E-state index contributed by atoms with van der Waals surface area (Å²) in [7, 11) is -4.33. The fraction of sp³-hybridized carbons (Fsp3) is 0.211.